The summed E-state index contributed by atoms with van der Waals surface area (Å²) in [5, 5.41) is 5.06. The summed E-state index contributed by atoms with van der Waals surface area (Å²) in [6, 6.07) is 0.134. The summed E-state index contributed by atoms with van der Waals surface area (Å²) >= 11 is 0. The SMILES string of the molecule is N[C@@H]1CCC[C@H]1CC(=O)N1CCN(S(N)(=O)=O)CC1. The minimum absolute atomic E-state index is 0.0800. The molecule has 2 rings (SSSR count). The Morgan fingerprint density at radius 1 is 1.16 bits per heavy atom. The van der Waals surface area contributed by atoms with E-state index in [2.05, 4.69) is 0 Å². The fourth-order valence-electron chi connectivity index (χ4n) is 2.86. The third-order valence-electron chi connectivity index (χ3n) is 4.11. The zero-order valence-corrected chi connectivity index (χ0v) is 11.8. The number of nitrogens with two attached hydrogens (primary N) is 2. The van der Waals surface area contributed by atoms with Gasteiger partial charge in [0.05, 0.1) is 0 Å². The molecule has 2 atom stereocenters. The largest absolute Gasteiger partial charge is 0.340 e. The smallest absolute Gasteiger partial charge is 0.277 e. The van der Waals surface area contributed by atoms with Crippen LogP contribution in [0.25, 0.3) is 0 Å². The molecule has 1 amide bonds. The van der Waals surface area contributed by atoms with Crippen LogP contribution >= 0.6 is 0 Å². The van der Waals surface area contributed by atoms with Crippen molar-refractivity contribution >= 4 is 16.1 Å². The number of piperazine rings is 1. The number of amides is 1. The summed E-state index contributed by atoms with van der Waals surface area (Å²) in [6.07, 6.45) is 3.59. The zero-order valence-electron chi connectivity index (χ0n) is 11.0. The van der Waals surface area contributed by atoms with Crippen molar-refractivity contribution in [2.24, 2.45) is 16.8 Å². The molecule has 7 nitrogen and oxygen atoms in total. The van der Waals surface area contributed by atoms with Gasteiger partial charge in [-0.15, -0.1) is 0 Å². The van der Waals surface area contributed by atoms with Crippen LogP contribution < -0.4 is 10.9 Å². The second-order valence-electron chi connectivity index (χ2n) is 5.38. The van der Waals surface area contributed by atoms with Crippen LogP contribution in [-0.4, -0.2) is 55.8 Å². The van der Waals surface area contributed by atoms with Crippen molar-refractivity contribution in [3.05, 3.63) is 0 Å². The maximum Gasteiger partial charge on any atom is 0.277 e. The van der Waals surface area contributed by atoms with Crippen LogP contribution in [0.5, 0.6) is 0 Å². The summed E-state index contributed by atoms with van der Waals surface area (Å²) in [5.41, 5.74) is 5.96. The minimum Gasteiger partial charge on any atom is -0.340 e. The average Bonchev–Trinajstić information content (AvgIpc) is 2.74. The fraction of sp³-hybridized carbons (Fsp3) is 0.909. The standard InChI is InChI=1S/C11H22N4O3S/c12-10-3-1-2-9(10)8-11(16)14-4-6-15(7-5-14)19(13,17)18/h9-10H,1-8,12H2,(H2,13,17,18)/t9-,10+/m0/s1. The Balaban J connectivity index is 1.82. The van der Waals surface area contributed by atoms with Gasteiger partial charge in [-0.2, -0.15) is 12.7 Å². The summed E-state index contributed by atoms with van der Waals surface area (Å²) < 4.78 is 23.5. The van der Waals surface area contributed by atoms with E-state index in [0.29, 0.717) is 19.5 Å². The topological polar surface area (TPSA) is 110 Å². The molecule has 1 saturated carbocycles. The highest BCUT2D eigenvalue weighted by Gasteiger charge is 2.30. The molecule has 110 valence electrons. The van der Waals surface area contributed by atoms with Crippen LogP contribution in [-0.2, 0) is 15.0 Å². The van der Waals surface area contributed by atoms with Crippen molar-refractivity contribution < 1.29 is 13.2 Å². The molecule has 0 aromatic carbocycles. The summed E-state index contributed by atoms with van der Waals surface area (Å²) in [4.78, 5) is 13.8. The molecule has 0 bridgehead atoms. The van der Waals surface area contributed by atoms with Gasteiger partial charge in [-0.05, 0) is 18.8 Å². The molecule has 0 radical (unpaired) electrons. The van der Waals surface area contributed by atoms with Crippen molar-refractivity contribution in [3.8, 4) is 0 Å². The Morgan fingerprint density at radius 2 is 1.79 bits per heavy atom. The zero-order chi connectivity index (χ0) is 14.0. The molecule has 0 aromatic heterocycles. The monoisotopic (exact) mass is 290 g/mol. The Labute approximate surface area is 114 Å². The van der Waals surface area contributed by atoms with Gasteiger partial charge >= 0.3 is 0 Å². The molecule has 0 aromatic rings. The van der Waals surface area contributed by atoms with Crippen LogP contribution in [0.1, 0.15) is 25.7 Å². The molecular formula is C11H22N4O3S. The normalized spacial score (nSPS) is 29.7. The van der Waals surface area contributed by atoms with Crippen LogP contribution in [0, 0.1) is 5.92 Å². The lowest BCUT2D eigenvalue weighted by Gasteiger charge is -2.33. The molecule has 19 heavy (non-hydrogen) atoms. The summed E-state index contributed by atoms with van der Waals surface area (Å²) in [7, 11) is -3.63. The van der Waals surface area contributed by atoms with E-state index in [1.807, 2.05) is 0 Å². The van der Waals surface area contributed by atoms with Gasteiger partial charge in [0.25, 0.3) is 10.2 Å². The Morgan fingerprint density at radius 3 is 2.26 bits per heavy atom. The van der Waals surface area contributed by atoms with Gasteiger partial charge in [0.2, 0.25) is 5.91 Å². The average molecular weight is 290 g/mol. The number of hydrogen-bond donors (Lipinski definition) is 2. The Bertz CT molecular complexity index is 431. The lowest BCUT2D eigenvalue weighted by atomic mass is 9.99. The summed E-state index contributed by atoms with van der Waals surface area (Å²) in [5.74, 6) is 0.361. The Kier molecular flexibility index (Phi) is 4.44. The van der Waals surface area contributed by atoms with E-state index in [1.165, 1.54) is 4.31 Å². The fourth-order valence-corrected chi connectivity index (χ4v) is 3.54. The van der Waals surface area contributed by atoms with Crippen LogP contribution in [0.2, 0.25) is 0 Å². The molecular weight excluding hydrogens is 268 g/mol. The lowest BCUT2D eigenvalue weighted by molar-refractivity contribution is -0.133. The minimum atomic E-state index is -3.63. The van der Waals surface area contributed by atoms with E-state index in [0.717, 1.165) is 19.3 Å². The van der Waals surface area contributed by atoms with E-state index in [-0.39, 0.29) is 31.0 Å². The number of rotatable bonds is 3. The predicted octanol–water partition coefficient (Wildman–Crippen LogP) is -1.15. The number of hydrogen-bond acceptors (Lipinski definition) is 4. The second-order valence-corrected chi connectivity index (χ2v) is 6.93. The third-order valence-corrected chi connectivity index (χ3v) is 5.19. The van der Waals surface area contributed by atoms with Gasteiger partial charge in [0, 0.05) is 38.6 Å². The van der Waals surface area contributed by atoms with Crippen molar-refractivity contribution in [2.45, 2.75) is 31.7 Å². The maximum absolute atomic E-state index is 12.1. The first kappa shape index (κ1) is 14.7. The van der Waals surface area contributed by atoms with Gasteiger partial charge < -0.3 is 10.6 Å². The van der Waals surface area contributed by atoms with Gasteiger partial charge in [-0.1, -0.05) is 6.42 Å². The van der Waals surface area contributed by atoms with Crippen LogP contribution in [0.4, 0.5) is 0 Å². The molecule has 1 heterocycles. The molecule has 2 aliphatic rings. The van der Waals surface area contributed by atoms with Crippen molar-refractivity contribution in [2.75, 3.05) is 26.2 Å². The second kappa shape index (κ2) is 5.74. The molecule has 8 heteroatoms. The lowest BCUT2D eigenvalue weighted by Crippen LogP contribution is -2.52. The highest BCUT2D eigenvalue weighted by Crippen LogP contribution is 2.27. The molecule has 1 aliphatic heterocycles. The number of nitrogens with zero attached hydrogens (tertiary/aromatic N) is 2. The first-order chi connectivity index (χ1) is 8.88. The van der Waals surface area contributed by atoms with Crippen molar-refractivity contribution in [3.63, 3.8) is 0 Å². The number of carbonyl (C=O) groups is 1. The van der Waals surface area contributed by atoms with Gasteiger partial charge in [0.15, 0.2) is 0 Å². The predicted molar refractivity (Wildman–Crippen MR) is 71.2 cm³/mol. The maximum atomic E-state index is 12.1. The molecule has 2 fully saturated rings. The van der Waals surface area contributed by atoms with Gasteiger partial charge in [-0.25, -0.2) is 5.14 Å². The van der Waals surface area contributed by atoms with Crippen LogP contribution in [0.15, 0.2) is 0 Å². The van der Waals surface area contributed by atoms with E-state index in [4.69, 9.17) is 10.9 Å². The van der Waals surface area contributed by atoms with Crippen LogP contribution in [0.3, 0.4) is 0 Å². The Hall–Kier alpha value is -0.700. The molecule has 0 spiro atoms. The van der Waals surface area contributed by atoms with E-state index in [1.54, 1.807) is 4.90 Å². The molecule has 1 aliphatic carbocycles. The van der Waals surface area contributed by atoms with E-state index in [9.17, 15) is 13.2 Å². The first-order valence-corrected chi connectivity index (χ1v) is 8.19. The number of carbonyl (C=O) groups excluding carboxylic acids is 1. The van der Waals surface area contributed by atoms with E-state index < -0.39 is 10.2 Å². The molecule has 1 saturated heterocycles. The van der Waals surface area contributed by atoms with Crippen molar-refractivity contribution in [1.29, 1.82) is 0 Å². The molecule has 4 N–H and O–H groups in total. The quantitative estimate of drug-likeness (QED) is 0.684. The van der Waals surface area contributed by atoms with Crippen molar-refractivity contribution in [1.82, 2.24) is 9.21 Å². The highest BCUT2D eigenvalue weighted by atomic mass is 32.2. The van der Waals surface area contributed by atoms with E-state index >= 15 is 0 Å². The highest BCUT2D eigenvalue weighted by molar-refractivity contribution is 7.86. The summed E-state index contributed by atoms with van der Waals surface area (Å²) in [6.45, 7) is 1.39. The third kappa shape index (κ3) is 3.65. The first-order valence-electron chi connectivity index (χ1n) is 6.69. The van der Waals surface area contributed by atoms with Gasteiger partial charge in [0.1, 0.15) is 0 Å². The molecule has 0 unspecified atom stereocenters. The van der Waals surface area contributed by atoms with Gasteiger partial charge in [-0.3, -0.25) is 4.79 Å².